The highest BCUT2D eigenvalue weighted by Gasteiger charge is 2.08. The molecule has 5 heteroatoms. The lowest BCUT2D eigenvalue weighted by atomic mass is 10.1. The maximum Gasteiger partial charge on any atom is 0.137 e. The third-order valence-corrected chi connectivity index (χ3v) is 4.35. The van der Waals surface area contributed by atoms with Gasteiger partial charge in [-0.25, -0.2) is 9.37 Å². The third kappa shape index (κ3) is 2.59. The van der Waals surface area contributed by atoms with Gasteiger partial charge < -0.3 is 5.73 Å². The number of hydrogen-bond acceptors (Lipinski definition) is 3. The summed E-state index contributed by atoms with van der Waals surface area (Å²) in [5.74, 6) is -0.278. The normalized spacial score (nSPS) is 10.7. The Morgan fingerprint density at radius 1 is 1.10 bits per heavy atom. The standard InChI is InChI=1S/C15H10BrFN2S/c16-12-7-9(4-5-13(12)17)14-8-20-15(19-14)10-2-1-3-11(18)6-10/h1-8H,18H2. The van der Waals surface area contributed by atoms with Crippen LogP contribution >= 0.6 is 27.3 Å². The van der Waals surface area contributed by atoms with Gasteiger partial charge in [0, 0.05) is 22.2 Å². The Labute approximate surface area is 128 Å². The van der Waals surface area contributed by atoms with Gasteiger partial charge in [0.25, 0.3) is 0 Å². The number of benzene rings is 2. The second-order valence-corrected chi connectivity index (χ2v) is 6.00. The van der Waals surface area contributed by atoms with Crippen LogP contribution in [0.5, 0.6) is 0 Å². The molecule has 2 nitrogen and oxygen atoms in total. The van der Waals surface area contributed by atoms with Crippen molar-refractivity contribution in [3.05, 3.63) is 58.1 Å². The molecule has 20 heavy (non-hydrogen) atoms. The smallest absolute Gasteiger partial charge is 0.137 e. The van der Waals surface area contributed by atoms with E-state index in [-0.39, 0.29) is 5.82 Å². The van der Waals surface area contributed by atoms with Crippen molar-refractivity contribution in [2.45, 2.75) is 0 Å². The lowest BCUT2D eigenvalue weighted by Gasteiger charge is -2.00. The van der Waals surface area contributed by atoms with E-state index in [1.165, 1.54) is 6.07 Å². The quantitative estimate of drug-likeness (QED) is 0.664. The number of hydrogen-bond donors (Lipinski definition) is 1. The summed E-state index contributed by atoms with van der Waals surface area (Å²) in [6.07, 6.45) is 0. The molecule has 0 saturated heterocycles. The second-order valence-electron chi connectivity index (χ2n) is 4.29. The van der Waals surface area contributed by atoms with E-state index in [0.29, 0.717) is 10.2 Å². The van der Waals surface area contributed by atoms with Gasteiger partial charge in [0.15, 0.2) is 0 Å². The number of thiazole rings is 1. The fourth-order valence-corrected chi connectivity index (χ4v) is 3.07. The average molecular weight is 349 g/mol. The molecular formula is C15H10BrFN2S. The van der Waals surface area contributed by atoms with Gasteiger partial charge in [-0.05, 0) is 46.3 Å². The summed E-state index contributed by atoms with van der Waals surface area (Å²) >= 11 is 4.73. The summed E-state index contributed by atoms with van der Waals surface area (Å²) in [5.41, 5.74) is 9.19. The van der Waals surface area contributed by atoms with Crippen molar-refractivity contribution >= 4 is 33.0 Å². The van der Waals surface area contributed by atoms with E-state index >= 15 is 0 Å². The van der Waals surface area contributed by atoms with E-state index in [4.69, 9.17) is 5.73 Å². The fraction of sp³-hybridized carbons (Fsp3) is 0. The maximum atomic E-state index is 13.3. The number of aromatic nitrogens is 1. The van der Waals surface area contributed by atoms with Crippen molar-refractivity contribution in [1.29, 1.82) is 0 Å². The number of nitrogen functional groups attached to an aromatic ring is 1. The minimum absolute atomic E-state index is 0.278. The molecule has 0 aliphatic heterocycles. The molecule has 0 aliphatic carbocycles. The summed E-state index contributed by atoms with van der Waals surface area (Å²) in [6.45, 7) is 0. The van der Waals surface area contributed by atoms with Crippen LogP contribution in [0, 0.1) is 5.82 Å². The van der Waals surface area contributed by atoms with Gasteiger partial charge in [0.2, 0.25) is 0 Å². The molecule has 0 fully saturated rings. The highest BCUT2D eigenvalue weighted by atomic mass is 79.9. The molecule has 2 N–H and O–H groups in total. The third-order valence-electron chi connectivity index (χ3n) is 2.85. The Morgan fingerprint density at radius 2 is 1.95 bits per heavy atom. The largest absolute Gasteiger partial charge is 0.399 e. The van der Waals surface area contributed by atoms with Crippen molar-refractivity contribution in [3.63, 3.8) is 0 Å². The molecule has 3 aromatic rings. The molecule has 0 atom stereocenters. The predicted molar refractivity (Wildman–Crippen MR) is 85.1 cm³/mol. The Hall–Kier alpha value is -1.72. The summed E-state index contributed by atoms with van der Waals surface area (Å²) < 4.78 is 13.7. The highest BCUT2D eigenvalue weighted by Crippen LogP contribution is 2.31. The zero-order chi connectivity index (χ0) is 14.1. The van der Waals surface area contributed by atoms with Gasteiger partial charge >= 0.3 is 0 Å². The van der Waals surface area contributed by atoms with Gasteiger partial charge in [-0.3, -0.25) is 0 Å². The number of nitrogens with zero attached hydrogens (tertiary/aromatic N) is 1. The van der Waals surface area contributed by atoms with Crippen LogP contribution in [0.3, 0.4) is 0 Å². The minimum Gasteiger partial charge on any atom is -0.399 e. The molecule has 0 spiro atoms. The molecule has 0 amide bonds. The molecule has 0 saturated carbocycles. The lowest BCUT2D eigenvalue weighted by Crippen LogP contribution is -1.85. The van der Waals surface area contributed by atoms with Crippen LogP contribution < -0.4 is 5.73 Å². The van der Waals surface area contributed by atoms with Crippen molar-refractivity contribution in [1.82, 2.24) is 4.98 Å². The predicted octanol–water partition coefficient (Wildman–Crippen LogP) is 4.96. The van der Waals surface area contributed by atoms with Crippen LogP contribution in [0.4, 0.5) is 10.1 Å². The lowest BCUT2D eigenvalue weighted by molar-refractivity contribution is 0.621. The molecule has 100 valence electrons. The van der Waals surface area contributed by atoms with E-state index in [0.717, 1.165) is 21.8 Å². The Morgan fingerprint density at radius 3 is 2.70 bits per heavy atom. The molecule has 1 heterocycles. The van der Waals surface area contributed by atoms with Gasteiger partial charge in [-0.1, -0.05) is 12.1 Å². The van der Waals surface area contributed by atoms with Gasteiger partial charge in [-0.2, -0.15) is 0 Å². The van der Waals surface area contributed by atoms with Gasteiger partial charge in [-0.15, -0.1) is 11.3 Å². The highest BCUT2D eigenvalue weighted by molar-refractivity contribution is 9.10. The molecule has 0 aliphatic rings. The van der Waals surface area contributed by atoms with Crippen LogP contribution in [0.25, 0.3) is 21.8 Å². The number of nitrogens with two attached hydrogens (primary N) is 1. The zero-order valence-electron chi connectivity index (χ0n) is 10.3. The minimum atomic E-state index is -0.278. The fourth-order valence-electron chi connectivity index (χ4n) is 1.87. The molecule has 0 bridgehead atoms. The van der Waals surface area contributed by atoms with E-state index in [2.05, 4.69) is 20.9 Å². The molecule has 1 aromatic heterocycles. The zero-order valence-corrected chi connectivity index (χ0v) is 12.7. The average Bonchev–Trinajstić information content (AvgIpc) is 2.92. The van der Waals surface area contributed by atoms with Crippen molar-refractivity contribution in [2.75, 3.05) is 5.73 Å². The van der Waals surface area contributed by atoms with Crippen molar-refractivity contribution in [2.24, 2.45) is 0 Å². The van der Waals surface area contributed by atoms with Crippen LogP contribution in [0.2, 0.25) is 0 Å². The van der Waals surface area contributed by atoms with Crippen LogP contribution in [0.15, 0.2) is 52.3 Å². The summed E-state index contributed by atoms with van der Waals surface area (Å²) in [7, 11) is 0. The molecular weight excluding hydrogens is 339 g/mol. The van der Waals surface area contributed by atoms with Crippen molar-refractivity contribution in [3.8, 4) is 21.8 Å². The first-order valence-electron chi connectivity index (χ1n) is 5.90. The maximum absolute atomic E-state index is 13.3. The number of anilines is 1. The van der Waals surface area contributed by atoms with E-state index in [1.807, 2.05) is 29.6 Å². The number of rotatable bonds is 2. The van der Waals surface area contributed by atoms with E-state index in [1.54, 1.807) is 23.5 Å². The van der Waals surface area contributed by atoms with Crippen molar-refractivity contribution < 1.29 is 4.39 Å². The molecule has 3 rings (SSSR count). The first kappa shape index (κ1) is 13.3. The van der Waals surface area contributed by atoms with Crippen LogP contribution in [-0.4, -0.2) is 4.98 Å². The number of halogens is 2. The monoisotopic (exact) mass is 348 g/mol. The molecule has 0 radical (unpaired) electrons. The van der Waals surface area contributed by atoms with E-state index < -0.39 is 0 Å². The SMILES string of the molecule is Nc1cccc(-c2nc(-c3ccc(F)c(Br)c3)cs2)c1. The first-order chi connectivity index (χ1) is 9.63. The molecule has 2 aromatic carbocycles. The topological polar surface area (TPSA) is 38.9 Å². The van der Waals surface area contributed by atoms with Gasteiger partial charge in [0.1, 0.15) is 10.8 Å². The summed E-state index contributed by atoms with van der Waals surface area (Å²) in [5, 5.41) is 2.85. The summed E-state index contributed by atoms with van der Waals surface area (Å²) in [6, 6.07) is 12.5. The Bertz CT molecular complexity index is 770. The summed E-state index contributed by atoms with van der Waals surface area (Å²) in [4.78, 5) is 4.58. The first-order valence-corrected chi connectivity index (χ1v) is 7.57. The second kappa shape index (κ2) is 5.34. The van der Waals surface area contributed by atoms with Gasteiger partial charge in [0.05, 0.1) is 10.2 Å². The van der Waals surface area contributed by atoms with Crippen LogP contribution in [-0.2, 0) is 0 Å². The van der Waals surface area contributed by atoms with Crippen LogP contribution in [0.1, 0.15) is 0 Å². The Balaban J connectivity index is 1.99. The van der Waals surface area contributed by atoms with E-state index in [9.17, 15) is 4.39 Å². The molecule has 0 unspecified atom stereocenters. The Kier molecular flexibility index (Phi) is 3.54.